The number of nitrogens with one attached hydrogen (secondary N) is 1. The number of pyridine rings is 1. The van der Waals surface area contributed by atoms with Gasteiger partial charge in [-0.1, -0.05) is 17.4 Å². The highest BCUT2D eigenvalue weighted by atomic mass is 32.1. The molecule has 3 heterocycles. The molecule has 2 aromatic carbocycles. The van der Waals surface area contributed by atoms with Crippen molar-refractivity contribution in [3.05, 3.63) is 71.5 Å². The molecule has 1 N–H and O–H groups in total. The minimum atomic E-state index is -0.756. The predicted molar refractivity (Wildman–Crippen MR) is 136 cm³/mol. The number of nitrogens with zero attached hydrogens (tertiary/aromatic N) is 3. The van der Waals surface area contributed by atoms with Gasteiger partial charge in [0.1, 0.15) is 5.75 Å². The Labute approximate surface area is 211 Å². The minimum absolute atomic E-state index is 0.226. The second-order valence-corrected chi connectivity index (χ2v) is 9.29. The average molecular weight is 505 g/mol. The minimum Gasteiger partial charge on any atom is -0.497 e. The molecule has 1 aliphatic heterocycles. The Morgan fingerprint density at radius 2 is 1.83 bits per heavy atom. The first-order valence-corrected chi connectivity index (χ1v) is 11.9. The summed E-state index contributed by atoms with van der Waals surface area (Å²) < 4.78 is 17.1. The van der Waals surface area contributed by atoms with Gasteiger partial charge < -0.3 is 24.4 Å². The number of aromatic nitrogens is 2. The van der Waals surface area contributed by atoms with Crippen molar-refractivity contribution in [2.75, 3.05) is 33.7 Å². The van der Waals surface area contributed by atoms with Gasteiger partial charge in [-0.15, -0.1) is 0 Å². The van der Waals surface area contributed by atoms with Gasteiger partial charge in [0, 0.05) is 25.0 Å². The largest absolute Gasteiger partial charge is 0.497 e. The van der Waals surface area contributed by atoms with E-state index in [0.29, 0.717) is 33.5 Å². The molecule has 2 aromatic heterocycles. The topological polar surface area (TPSA) is 103 Å². The van der Waals surface area contributed by atoms with Gasteiger partial charge in [0.15, 0.2) is 16.6 Å². The number of anilines is 1. The molecule has 0 radical (unpaired) electrons. The van der Waals surface area contributed by atoms with E-state index in [9.17, 15) is 9.59 Å². The van der Waals surface area contributed by atoms with Crippen LogP contribution in [0.1, 0.15) is 33.4 Å². The Bertz CT molecular complexity index is 1460. The zero-order chi connectivity index (χ0) is 25.4. The van der Waals surface area contributed by atoms with Crippen LogP contribution in [0.2, 0.25) is 0 Å². The van der Waals surface area contributed by atoms with Gasteiger partial charge in [-0.2, -0.15) is 0 Å². The van der Waals surface area contributed by atoms with Crippen LogP contribution in [0.3, 0.4) is 0 Å². The quantitative estimate of drug-likeness (QED) is 0.418. The summed E-state index contributed by atoms with van der Waals surface area (Å²) >= 11 is 1.35. The van der Waals surface area contributed by atoms with Gasteiger partial charge in [-0.3, -0.25) is 14.6 Å². The van der Waals surface area contributed by atoms with Crippen LogP contribution in [0.15, 0.2) is 54.9 Å². The van der Waals surface area contributed by atoms with E-state index in [2.05, 4.69) is 15.3 Å². The number of amides is 2. The second kappa shape index (κ2) is 9.46. The third-order valence-electron chi connectivity index (χ3n) is 6.31. The number of methoxy groups -OCH3 is 3. The molecule has 0 spiro atoms. The number of carbonyl (C=O) groups excluding carboxylic acids is 2. The molecule has 2 atom stereocenters. The van der Waals surface area contributed by atoms with Crippen molar-refractivity contribution < 1.29 is 23.8 Å². The summed E-state index contributed by atoms with van der Waals surface area (Å²) in [6.07, 6.45) is 3.32. The highest BCUT2D eigenvalue weighted by molar-refractivity contribution is 7.22. The number of fused-ring (bicyclic) bond motifs is 2. The van der Waals surface area contributed by atoms with Crippen molar-refractivity contribution in [3.8, 4) is 17.2 Å². The van der Waals surface area contributed by atoms with Crippen molar-refractivity contribution in [3.63, 3.8) is 0 Å². The van der Waals surface area contributed by atoms with Crippen molar-refractivity contribution in [2.45, 2.75) is 12.0 Å². The molecule has 2 amide bonds. The number of carbonyl (C=O) groups is 2. The second-order valence-electron chi connectivity index (χ2n) is 8.26. The normalized spacial score (nSPS) is 17.0. The summed E-state index contributed by atoms with van der Waals surface area (Å²) in [5, 5.41) is 3.43. The Balaban J connectivity index is 1.61. The first kappa shape index (κ1) is 23.6. The van der Waals surface area contributed by atoms with E-state index >= 15 is 0 Å². The number of rotatable bonds is 6. The van der Waals surface area contributed by atoms with Crippen molar-refractivity contribution in [2.24, 2.45) is 0 Å². The number of benzene rings is 2. The Morgan fingerprint density at radius 1 is 1.06 bits per heavy atom. The van der Waals surface area contributed by atoms with Gasteiger partial charge in [-0.25, -0.2) is 4.98 Å². The molecule has 5 rings (SSSR count). The van der Waals surface area contributed by atoms with Crippen LogP contribution in [-0.4, -0.2) is 55.1 Å². The summed E-state index contributed by atoms with van der Waals surface area (Å²) in [4.78, 5) is 37.7. The van der Waals surface area contributed by atoms with E-state index in [1.165, 1.54) is 25.6 Å². The Kier molecular flexibility index (Phi) is 6.19. The number of hydrogen-bond acceptors (Lipinski definition) is 8. The number of ether oxygens (including phenoxy) is 3. The highest BCUT2D eigenvalue weighted by Crippen LogP contribution is 2.46. The SMILES string of the molecule is COc1ccc2nc(NC(=O)[C@@H]3c4cc(OC)c(OC)cc4C(=O)N(C)[C@H]3c3cccnc3)sc2c1. The van der Waals surface area contributed by atoms with E-state index in [1.807, 2.05) is 24.3 Å². The van der Waals surface area contributed by atoms with Gasteiger partial charge in [0.25, 0.3) is 5.91 Å². The summed E-state index contributed by atoms with van der Waals surface area (Å²) in [5.74, 6) is 0.274. The highest BCUT2D eigenvalue weighted by Gasteiger charge is 2.44. The first-order valence-electron chi connectivity index (χ1n) is 11.1. The zero-order valence-corrected chi connectivity index (χ0v) is 21.0. The molecule has 0 bridgehead atoms. The van der Waals surface area contributed by atoms with Crippen LogP contribution in [0.5, 0.6) is 17.2 Å². The first-order chi connectivity index (χ1) is 17.4. The zero-order valence-electron chi connectivity index (χ0n) is 20.1. The summed E-state index contributed by atoms with van der Waals surface area (Å²) in [7, 11) is 6.31. The van der Waals surface area contributed by atoms with Crippen LogP contribution in [0.25, 0.3) is 10.2 Å². The predicted octanol–water partition coefficient (Wildman–Crippen LogP) is 4.27. The van der Waals surface area contributed by atoms with Crippen LogP contribution >= 0.6 is 11.3 Å². The van der Waals surface area contributed by atoms with Crippen molar-refractivity contribution >= 4 is 38.5 Å². The molecule has 0 saturated carbocycles. The van der Waals surface area contributed by atoms with Crippen LogP contribution in [0.4, 0.5) is 5.13 Å². The summed E-state index contributed by atoms with van der Waals surface area (Å²) in [6, 6.07) is 11.9. The van der Waals surface area contributed by atoms with Gasteiger partial charge in [-0.05, 0) is 47.5 Å². The molecule has 0 unspecified atom stereocenters. The van der Waals surface area contributed by atoms with Crippen LogP contribution < -0.4 is 19.5 Å². The van der Waals surface area contributed by atoms with E-state index in [-0.39, 0.29) is 11.8 Å². The fraction of sp³-hybridized carbons (Fsp3) is 0.231. The number of likely N-dealkylation sites (N-methyl/N-ethyl adjacent to an activating group) is 1. The number of hydrogen-bond donors (Lipinski definition) is 1. The van der Waals surface area contributed by atoms with E-state index < -0.39 is 12.0 Å². The third-order valence-corrected chi connectivity index (χ3v) is 7.24. The smallest absolute Gasteiger partial charge is 0.254 e. The monoisotopic (exact) mass is 504 g/mol. The van der Waals surface area contributed by atoms with E-state index in [4.69, 9.17) is 14.2 Å². The molecule has 36 heavy (non-hydrogen) atoms. The number of thiazole rings is 1. The molecule has 184 valence electrons. The average Bonchev–Trinajstić information content (AvgIpc) is 3.31. The fourth-order valence-electron chi connectivity index (χ4n) is 4.57. The fourth-order valence-corrected chi connectivity index (χ4v) is 5.46. The van der Waals surface area contributed by atoms with Crippen molar-refractivity contribution in [1.82, 2.24) is 14.9 Å². The maximum atomic E-state index is 13.9. The van der Waals surface area contributed by atoms with Crippen LogP contribution in [-0.2, 0) is 4.79 Å². The lowest BCUT2D eigenvalue weighted by Crippen LogP contribution is -2.44. The lowest BCUT2D eigenvalue weighted by molar-refractivity contribution is -0.119. The van der Waals surface area contributed by atoms with Gasteiger partial charge >= 0.3 is 0 Å². The Hall–Kier alpha value is -4.18. The lowest BCUT2D eigenvalue weighted by atomic mass is 9.79. The molecule has 10 heteroatoms. The molecule has 0 saturated heterocycles. The van der Waals surface area contributed by atoms with E-state index in [0.717, 1.165) is 15.8 Å². The molecule has 0 fully saturated rings. The van der Waals surface area contributed by atoms with Gasteiger partial charge in [0.2, 0.25) is 5.91 Å². The lowest BCUT2D eigenvalue weighted by Gasteiger charge is -2.39. The molecule has 9 nitrogen and oxygen atoms in total. The van der Waals surface area contributed by atoms with E-state index in [1.54, 1.807) is 49.7 Å². The standard InChI is InChI=1S/C26H24N4O5S/c1-30-23(14-6-5-9-27-13-14)22(16-11-19(34-3)20(35-4)12-17(16)25(30)32)24(31)29-26-28-18-8-7-15(33-2)10-21(18)36-26/h5-13,22-23H,1-4H3,(H,28,29,31)/t22-,23+/m1/s1. The molecule has 0 aliphatic carbocycles. The van der Waals surface area contributed by atoms with Crippen LogP contribution in [0, 0.1) is 0 Å². The maximum Gasteiger partial charge on any atom is 0.254 e. The summed E-state index contributed by atoms with van der Waals surface area (Å²) in [5.41, 5.74) is 2.42. The maximum absolute atomic E-state index is 13.9. The molecule has 4 aromatic rings. The molecular formula is C26H24N4O5S. The molecule has 1 aliphatic rings. The van der Waals surface area contributed by atoms with Crippen molar-refractivity contribution in [1.29, 1.82) is 0 Å². The molecular weight excluding hydrogens is 480 g/mol. The van der Waals surface area contributed by atoms with Gasteiger partial charge in [0.05, 0.1) is 43.5 Å². The summed E-state index contributed by atoms with van der Waals surface area (Å²) in [6.45, 7) is 0. The Morgan fingerprint density at radius 3 is 2.53 bits per heavy atom. The third kappa shape index (κ3) is 3.99.